The number of benzene rings is 1. The van der Waals surface area contributed by atoms with Crippen LogP contribution in [0.2, 0.25) is 0 Å². The van der Waals surface area contributed by atoms with E-state index in [4.69, 9.17) is 4.98 Å². The maximum absolute atomic E-state index is 11.5. The third kappa shape index (κ3) is 3.03. The number of anilines is 1. The molecule has 0 N–H and O–H groups in total. The summed E-state index contributed by atoms with van der Waals surface area (Å²) >= 11 is 0. The molecular formula is C19H19N5O. The van der Waals surface area contributed by atoms with Gasteiger partial charge in [0, 0.05) is 62.0 Å². The first-order chi connectivity index (χ1) is 12.2. The lowest BCUT2D eigenvalue weighted by molar-refractivity contribution is -0.129. The van der Waals surface area contributed by atoms with E-state index in [1.165, 1.54) is 6.33 Å². The number of fused-ring (bicyclic) bond motifs is 1. The van der Waals surface area contributed by atoms with Crippen LogP contribution in [0.1, 0.15) is 6.92 Å². The minimum atomic E-state index is 0.137. The number of pyridine rings is 1. The second kappa shape index (κ2) is 6.47. The number of hydrogen-bond acceptors (Lipinski definition) is 5. The molecule has 0 radical (unpaired) electrons. The molecule has 1 aliphatic rings. The van der Waals surface area contributed by atoms with Crippen LogP contribution in [0, 0.1) is 0 Å². The number of nitrogens with zero attached hydrogens (tertiary/aromatic N) is 5. The molecule has 126 valence electrons. The Balaban J connectivity index is 1.69. The molecule has 1 fully saturated rings. The fourth-order valence-electron chi connectivity index (χ4n) is 3.23. The largest absolute Gasteiger partial charge is 0.353 e. The van der Waals surface area contributed by atoms with Gasteiger partial charge in [0.1, 0.15) is 12.1 Å². The van der Waals surface area contributed by atoms with Gasteiger partial charge >= 0.3 is 0 Å². The zero-order chi connectivity index (χ0) is 17.2. The van der Waals surface area contributed by atoms with E-state index in [1.807, 2.05) is 29.4 Å². The lowest BCUT2D eigenvalue weighted by atomic mass is 10.0. The highest BCUT2D eigenvalue weighted by Crippen LogP contribution is 2.28. The van der Waals surface area contributed by atoms with Gasteiger partial charge in [-0.25, -0.2) is 15.0 Å². The lowest BCUT2D eigenvalue weighted by Crippen LogP contribution is -2.48. The Labute approximate surface area is 146 Å². The summed E-state index contributed by atoms with van der Waals surface area (Å²) in [6, 6.07) is 10.3. The summed E-state index contributed by atoms with van der Waals surface area (Å²) in [5, 5.41) is 1.09. The number of aromatic nitrogens is 3. The Hall–Kier alpha value is -3.02. The summed E-state index contributed by atoms with van der Waals surface area (Å²) in [4.78, 5) is 28.8. The topological polar surface area (TPSA) is 62.2 Å². The van der Waals surface area contributed by atoms with Crippen molar-refractivity contribution in [3.63, 3.8) is 0 Å². The van der Waals surface area contributed by atoms with Gasteiger partial charge < -0.3 is 9.80 Å². The Bertz CT molecular complexity index is 904. The van der Waals surface area contributed by atoms with E-state index in [0.717, 1.165) is 54.0 Å². The fourth-order valence-corrected chi connectivity index (χ4v) is 3.23. The van der Waals surface area contributed by atoms with Crippen LogP contribution < -0.4 is 4.90 Å². The van der Waals surface area contributed by atoms with Gasteiger partial charge in [0.25, 0.3) is 0 Å². The van der Waals surface area contributed by atoms with Gasteiger partial charge in [-0.1, -0.05) is 18.2 Å². The monoisotopic (exact) mass is 333 g/mol. The average Bonchev–Trinajstić information content (AvgIpc) is 2.68. The number of carbonyl (C=O) groups is 1. The van der Waals surface area contributed by atoms with E-state index in [0.29, 0.717) is 0 Å². The molecule has 0 atom stereocenters. The van der Waals surface area contributed by atoms with Crippen LogP contribution in [0.5, 0.6) is 0 Å². The highest BCUT2D eigenvalue weighted by atomic mass is 16.2. The lowest BCUT2D eigenvalue weighted by Gasteiger charge is -2.35. The first kappa shape index (κ1) is 15.5. The van der Waals surface area contributed by atoms with E-state index < -0.39 is 0 Å². The highest BCUT2D eigenvalue weighted by Gasteiger charge is 2.20. The van der Waals surface area contributed by atoms with Crippen molar-refractivity contribution >= 4 is 22.6 Å². The molecule has 0 saturated carbocycles. The van der Waals surface area contributed by atoms with Gasteiger partial charge in [-0.05, 0) is 12.1 Å². The van der Waals surface area contributed by atoms with Crippen LogP contribution in [0.3, 0.4) is 0 Å². The SMILES string of the molecule is CC(=O)N1CCN(c2ccc3cccc(-c4cncnc4)c3n2)CC1. The molecule has 0 aliphatic carbocycles. The predicted octanol–water partition coefficient (Wildman–Crippen LogP) is 2.36. The zero-order valence-electron chi connectivity index (χ0n) is 14.1. The molecule has 6 heteroatoms. The summed E-state index contributed by atoms with van der Waals surface area (Å²) in [5.74, 6) is 1.08. The molecule has 0 unspecified atom stereocenters. The fraction of sp³-hybridized carbons (Fsp3) is 0.263. The van der Waals surface area contributed by atoms with Crippen molar-refractivity contribution in [3.05, 3.63) is 49.1 Å². The molecule has 0 spiro atoms. The summed E-state index contributed by atoms with van der Waals surface area (Å²) in [6.07, 6.45) is 5.14. The minimum absolute atomic E-state index is 0.137. The average molecular weight is 333 g/mol. The van der Waals surface area contributed by atoms with E-state index in [9.17, 15) is 4.79 Å². The number of rotatable bonds is 2. The number of piperazine rings is 1. The number of para-hydroxylation sites is 1. The quantitative estimate of drug-likeness (QED) is 0.720. The van der Waals surface area contributed by atoms with Crippen LogP contribution in [0.15, 0.2) is 49.1 Å². The third-order valence-electron chi connectivity index (χ3n) is 4.63. The maximum atomic E-state index is 11.5. The Morgan fingerprint density at radius 1 is 1.00 bits per heavy atom. The molecule has 25 heavy (non-hydrogen) atoms. The summed E-state index contributed by atoms with van der Waals surface area (Å²) < 4.78 is 0. The maximum Gasteiger partial charge on any atom is 0.219 e. The van der Waals surface area contributed by atoms with Crippen LogP contribution in [-0.4, -0.2) is 51.9 Å². The molecule has 6 nitrogen and oxygen atoms in total. The van der Waals surface area contributed by atoms with Crippen molar-refractivity contribution in [2.45, 2.75) is 6.92 Å². The number of amides is 1. The Kier molecular flexibility index (Phi) is 4.01. The van der Waals surface area contributed by atoms with E-state index >= 15 is 0 Å². The summed E-state index contributed by atoms with van der Waals surface area (Å²) in [7, 11) is 0. The van der Waals surface area contributed by atoms with Crippen molar-refractivity contribution in [1.82, 2.24) is 19.9 Å². The zero-order valence-corrected chi connectivity index (χ0v) is 14.1. The van der Waals surface area contributed by atoms with Crippen LogP contribution >= 0.6 is 0 Å². The molecule has 1 aliphatic heterocycles. The molecule has 3 heterocycles. The molecular weight excluding hydrogens is 314 g/mol. The minimum Gasteiger partial charge on any atom is -0.353 e. The smallest absolute Gasteiger partial charge is 0.219 e. The molecule has 1 saturated heterocycles. The van der Waals surface area contributed by atoms with Crippen molar-refractivity contribution < 1.29 is 4.79 Å². The van der Waals surface area contributed by atoms with Crippen LogP contribution in [0.4, 0.5) is 5.82 Å². The third-order valence-corrected chi connectivity index (χ3v) is 4.63. The van der Waals surface area contributed by atoms with Crippen LogP contribution in [-0.2, 0) is 4.79 Å². The molecule has 1 amide bonds. The molecule has 4 rings (SSSR count). The molecule has 0 bridgehead atoms. The van der Waals surface area contributed by atoms with Crippen LogP contribution in [0.25, 0.3) is 22.0 Å². The molecule has 1 aromatic carbocycles. The first-order valence-electron chi connectivity index (χ1n) is 8.38. The summed E-state index contributed by atoms with van der Waals surface area (Å²) in [5.41, 5.74) is 2.94. The second-order valence-electron chi connectivity index (χ2n) is 6.17. The standard InChI is InChI=1S/C19H19N5O/c1-14(25)23-7-9-24(10-8-23)18-6-5-15-3-2-4-17(19(15)22-18)16-11-20-13-21-12-16/h2-6,11-13H,7-10H2,1H3. The van der Waals surface area contributed by atoms with Gasteiger partial charge in [0.15, 0.2) is 0 Å². The van der Waals surface area contributed by atoms with Gasteiger partial charge in [-0.15, -0.1) is 0 Å². The number of carbonyl (C=O) groups excluding carboxylic acids is 1. The van der Waals surface area contributed by atoms with Gasteiger partial charge in [0.2, 0.25) is 5.91 Å². The molecule has 3 aromatic rings. The van der Waals surface area contributed by atoms with E-state index in [2.05, 4.69) is 33.1 Å². The van der Waals surface area contributed by atoms with Crippen molar-refractivity contribution in [3.8, 4) is 11.1 Å². The molecule has 2 aromatic heterocycles. The van der Waals surface area contributed by atoms with Crippen molar-refractivity contribution in [1.29, 1.82) is 0 Å². The van der Waals surface area contributed by atoms with Crippen molar-refractivity contribution in [2.24, 2.45) is 0 Å². The van der Waals surface area contributed by atoms with Gasteiger partial charge in [0.05, 0.1) is 5.52 Å². The van der Waals surface area contributed by atoms with Gasteiger partial charge in [-0.3, -0.25) is 4.79 Å². The second-order valence-corrected chi connectivity index (χ2v) is 6.17. The van der Waals surface area contributed by atoms with Gasteiger partial charge in [-0.2, -0.15) is 0 Å². The highest BCUT2D eigenvalue weighted by molar-refractivity contribution is 5.94. The first-order valence-corrected chi connectivity index (χ1v) is 8.38. The Morgan fingerprint density at radius 2 is 1.76 bits per heavy atom. The Morgan fingerprint density at radius 3 is 2.48 bits per heavy atom. The summed E-state index contributed by atoms with van der Waals surface area (Å²) in [6.45, 7) is 4.70. The van der Waals surface area contributed by atoms with E-state index in [-0.39, 0.29) is 5.91 Å². The predicted molar refractivity (Wildman–Crippen MR) is 97.2 cm³/mol. The van der Waals surface area contributed by atoms with E-state index in [1.54, 1.807) is 6.92 Å². The van der Waals surface area contributed by atoms with Crippen molar-refractivity contribution in [2.75, 3.05) is 31.1 Å². The number of hydrogen-bond donors (Lipinski definition) is 0. The normalized spacial score (nSPS) is 14.8.